The van der Waals surface area contributed by atoms with Gasteiger partial charge in [0, 0.05) is 0 Å². The average molecular weight is 434 g/mol. The first kappa shape index (κ1) is 23.9. The Morgan fingerprint density at radius 3 is 2.30 bits per heavy atom. The molecule has 0 fully saturated rings. The highest BCUT2D eigenvalue weighted by molar-refractivity contribution is 7.87. The molecule has 0 N–H and O–H groups in total. The maximum atomic E-state index is 12.6. The van der Waals surface area contributed by atoms with Crippen LogP contribution in [-0.4, -0.2) is 33.8 Å². The minimum absolute atomic E-state index is 0.0403. The van der Waals surface area contributed by atoms with Gasteiger partial charge in [-0.15, -0.1) is 13.2 Å². The highest BCUT2D eigenvalue weighted by Crippen LogP contribution is 2.50. The summed E-state index contributed by atoms with van der Waals surface area (Å²) < 4.78 is 94.1. The molecule has 0 amide bonds. The number of halogens is 3. The van der Waals surface area contributed by atoms with Gasteiger partial charge in [0.2, 0.25) is 0 Å². The summed E-state index contributed by atoms with van der Waals surface area (Å²) in [5.41, 5.74) is 0.0489. The lowest BCUT2D eigenvalue weighted by molar-refractivity contribution is -0.275. The number of aryl methyl sites for hydroxylation is 1. The van der Waals surface area contributed by atoms with Crippen molar-refractivity contribution >= 4 is 17.7 Å². The highest BCUT2D eigenvalue weighted by atomic mass is 32.2. The van der Waals surface area contributed by atoms with Crippen molar-refractivity contribution < 1.29 is 44.1 Å². The van der Waals surface area contributed by atoms with Gasteiger partial charge in [-0.1, -0.05) is 19.1 Å². The van der Waals surface area contributed by atoms with Gasteiger partial charge < -0.3 is 13.8 Å². The molecule has 0 spiro atoms. The maximum Gasteiger partial charge on any atom is 0.573 e. The zero-order valence-electron chi connectivity index (χ0n) is 15.3. The second-order valence-electron chi connectivity index (χ2n) is 5.53. The number of rotatable bonds is 10. The molecule has 0 aliphatic heterocycles. The Balaban J connectivity index is 3.25. The number of ether oxygens (including phenoxy) is 1. The molecule has 1 rings (SSSR count). The Labute approximate surface area is 156 Å². The molecule has 12 heteroatoms. The molecule has 0 bridgehead atoms. The first-order valence-corrected chi connectivity index (χ1v) is 11.2. The van der Waals surface area contributed by atoms with E-state index in [9.17, 15) is 26.2 Å². The summed E-state index contributed by atoms with van der Waals surface area (Å²) in [5.74, 6) is -0.933. The summed E-state index contributed by atoms with van der Waals surface area (Å²) in [5, 5.41) is 0. The van der Waals surface area contributed by atoms with Crippen LogP contribution >= 0.6 is 7.60 Å². The van der Waals surface area contributed by atoms with Crippen LogP contribution in [-0.2, 0) is 34.3 Å². The zero-order valence-corrected chi connectivity index (χ0v) is 17.0. The summed E-state index contributed by atoms with van der Waals surface area (Å²) in [6.07, 6.45) is -6.54. The van der Waals surface area contributed by atoms with Crippen LogP contribution in [0.15, 0.2) is 23.1 Å². The van der Waals surface area contributed by atoms with E-state index < -0.39 is 47.2 Å². The van der Waals surface area contributed by atoms with Crippen LogP contribution in [0.25, 0.3) is 0 Å². The minimum atomic E-state index is -5.10. The van der Waals surface area contributed by atoms with Gasteiger partial charge in [-0.2, -0.15) is 8.42 Å². The van der Waals surface area contributed by atoms with Crippen molar-refractivity contribution in [3.63, 3.8) is 0 Å². The van der Waals surface area contributed by atoms with E-state index in [1.165, 1.54) is 19.1 Å². The van der Waals surface area contributed by atoms with Crippen LogP contribution in [0, 0.1) is 0 Å². The van der Waals surface area contributed by atoms with E-state index in [1.807, 2.05) is 0 Å². The van der Waals surface area contributed by atoms with E-state index in [1.54, 1.807) is 20.8 Å². The second kappa shape index (κ2) is 9.38. The van der Waals surface area contributed by atoms with Gasteiger partial charge in [0.15, 0.2) is 12.1 Å². The van der Waals surface area contributed by atoms with Crippen molar-refractivity contribution in [1.82, 2.24) is 0 Å². The van der Waals surface area contributed by atoms with Gasteiger partial charge >= 0.3 is 24.1 Å². The molecule has 156 valence electrons. The normalized spacial score (nSPS) is 15.0. The monoisotopic (exact) mass is 434 g/mol. The molecule has 0 saturated carbocycles. The molecule has 0 saturated heterocycles. The van der Waals surface area contributed by atoms with Gasteiger partial charge in [-0.05, 0) is 38.8 Å². The highest BCUT2D eigenvalue weighted by Gasteiger charge is 2.37. The summed E-state index contributed by atoms with van der Waals surface area (Å²) in [7, 11) is -8.69. The Hall–Kier alpha value is -1.13. The fourth-order valence-corrected chi connectivity index (χ4v) is 5.45. The lowest BCUT2D eigenvalue weighted by atomic mass is 10.1. The van der Waals surface area contributed by atoms with Crippen molar-refractivity contribution in [2.45, 2.75) is 51.5 Å². The van der Waals surface area contributed by atoms with Gasteiger partial charge in [-0.25, -0.2) is 0 Å². The third-order valence-electron chi connectivity index (χ3n) is 2.98. The molecule has 0 heterocycles. The van der Waals surface area contributed by atoms with Gasteiger partial charge in [0.1, 0.15) is 4.90 Å². The van der Waals surface area contributed by atoms with Crippen LogP contribution in [0.1, 0.15) is 33.3 Å². The van der Waals surface area contributed by atoms with E-state index in [-0.39, 0.29) is 18.6 Å². The molecule has 0 aliphatic carbocycles. The predicted octanol–water partition coefficient (Wildman–Crippen LogP) is 4.47. The minimum Gasteiger partial charge on any atom is -0.404 e. The third-order valence-corrected chi connectivity index (χ3v) is 6.39. The molecular weight excluding hydrogens is 412 g/mol. The van der Waals surface area contributed by atoms with E-state index in [0.29, 0.717) is 0 Å². The second-order valence-corrected chi connectivity index (χ2v) is 9.03. The molecular formula is C15H22F3O7PS. The molecule has 0 radical (unpaired) electrons. The van der Waals surface area contributed by atoms with Gasteiger partial charge in [0.25, 0.3) is 0 Å². The standard InChI is InChI=1S/C15H22F3O7PS/c1-5-12-8-7-9-13(24-15(16,17)18)14(12)27(20,21)23-10-26(19,22-6-2)25-11(3)4/h7-9,11H,5-6,10H2,1-4H3. The summed E-state index contributed by atoms with van der Waals surface area (Å²) >= 11 is 0. The van der Waals surface area contributed by atoms with Crippen LogP contribution < -0.4 is 4.74 Å². The predicted molar refractivity (Wildman–Crippen MR) is 91.1 cm³/mol. The fraction of sp³-hybridized carbons (Fsp3) is 0.600. The molecule has 0 aliphatic rings. The largest absolute Gasteiger partial charge is 0.573 e. The maximum absolute atomic E-state index is 12.6. The summed E-state index contributed by atoms with van der Waals surface area (Å²) in [6.45, 7) is 6.15. The zero-order chi connectivity index (χ0) is 20.9. The Bertz CT molecular complexity index is 778. The lowest BCUT2D eigenvalue weighted by Crippen LogP contribution is -2.21. The van der Waals surface area contributed by atoms with Crippen molar-refractivity contribution in [2.24, 2.45) is 0 Å². The smallest absolute Gasteiger partial charge is 0.404 e. The Morgan fingerprint density at radius 2 is 1.81 bits per heavy atom. The van der Waals surface area contributed by atoms with E-state index in [4.69, 9.17) is 13.2 Å². The van der Waals surface area contributed by atoms with Crippen LogP contribution in [0.5, 0.6) is 5.75 Å². The number of hydrogen-bond donors (Lipinski definition) is 0. The molecule has 27 heavy (non-hydrogen) atoms. The van der Waals surface area contributed by atoms with E-state index in [2.05, 4.69) is 4.74 Å². The molecule has 1 aromatic carbocycles. The first-order valence-electron chi connectivity index (χ1n) is 8.02. The van der Waals surface area contributed by atoms with E-state index >= 15 is 0 Å². The number of alkyl halides is 3. The number of benzene rings is 1. The first-order chi connectivity index (χ1) is 12.3. The van der Waals surface area contributed by atoms with Gasteiger partial charge in [-0.3, -0.25) is 8.75 Å². The van der Waals surface area contributed by atoms with Crippen molar-refractivity contribution in [1.29, 1.82) is 0 Å². The van der Waals surface area contributed by atoms with E-state index in [0.717, 1.165) is 6.07 Å². The van der Waals surface area contributed by atoms with Crippen molar-refractivity contribution in [3.8, 4) is 5.75 Å². The summed E-state index contributed by atoms with van der Waals surface area (Å²) in [6, 6.07) is 3.41. The topological polar surface area (TPSA) is 88.1 Å². The average Bonchev–Trinajstić information content (AvgIpc) is 2.50. The SMILES string of the molecule is CCOP(=O)(COS(=O)(=O)c1c(CC)cccc1OC(F)(F)F)OC(C)C. The lowest BCUT2D eigenvalue weighted by Gasteiger charge is -2.21. The Morgan fingerprint density at radius 1 is 1.19 bits per heavy atom. The van der Waals surface area contributed by atoms with Gasteiger partial charge in [0.05, 0.1) is 12.7 Å². The molecule has 1 aromatic rings. The van der Waals surface area contributed by atoms with Crippen LogP contribution in [0.2, 0.25) is 0 Å². The van der Waals surface area contributed by atoms with Crippen molar-refractivity contribution in [3.05, 3.63) is 23.8 Å². The molecule has 1 unspecified atom stereocenters. The fourth-order valence-electron chi connectivity index (χ4n) is 2.14. The Kier molecular flexibility index (Phi) is 8.31. The van der Waals surface area contributed by atoms with Crippen LogP contribution in [0.3, 0.4) is 0 Å². The molecule has 1 atom stereocenters. The van der Waals surface area contributed by atoms with Crippen molar-refractivity contribution in [2.75, 3.05) is 13.0 Å². The number of hydrogen-bond acceptors (Lipinski definition) is 7. The quantitative estimate of drug-likeness (QED) is 0.397. The molecule has 0 aromatic heterocycles. The van der Waals surface area contributed by atoms with Crippen LogP contribution in [0.4, 0.5) is 13.2 Å². The molecule has 7 nitrogen and oxygen atoms in total. The third kappa shape index (κ3) is 7.42. The summed E-state index contributed by atoms with van der Waals surface area (Å²) in [4.78, 5) is -0.780.